The zero-order valence-corrected chi connectivity index (χ0v) is 9.97. The third-order valence-electron chi connectivity index (χ3n) is 3.42. The first kappa shape index (κ1) is 12.3. The predicted octanol–water partition coefficient (Wildman–Crippen LogP) is 0.615. The molecule has 0 spiro atoms. The number of nitrogens with one attached hydrogen (secondary N) is 1. The molecule has 0 aliphatic heterocycles. The molecular weight excluding hydrogens is 232 g/mol. The van der Waals surface area contributed by atoms with Crippen LogP contribution in [0.5, 0.6) is 0 Å². The van der Waals surface area contributed by atoms with Crippen LogP contribution in [0.4, 0.5) is 0 Å². The predicted molar refractivity (Wildman–Crippen MR) is 65.8 cm³/mol. The van der Waals surface area contributed by atoms with Crippen LogP contribution in [0, 0.1) is 5.41 Å². The van der Waals surface area contributed by atoms with Crippen LogP contribution >= 0.6 is 0 Å². The highest BCUT2D eigenvalue weighted by Gasteiger charge is 2.48. The van der Waals surface area contributed by atoms with Crippen molar-refractivity contribution in [2.45, 2.75) is 25.8 Å². The molecule has 1 saturated carbocycles. The summed E-state index contributed by atoms with van der Waals surface area (Å²) in [6, 6.07) is 3.69. The maximum Gasteiger partial charge on any atom is 0.234 e. The molecular formula is C12H16N4O2. The Balaban J connectivity index is 1.99. The van der Waals surface area contributed by atoms with Gasteiger partial charge in [0.2, 0.25) is 5.91 Å². The molecule has 4 N–H and O–H groups in total. The lowest BCUT2D eigenvalue weighted by atomic mass is 9.67. The van der Waals surface area contributed by atoms with Crippen LogP contribution < -0.4 is 11.1 Å². The number of oxime groups is 1. The number of rotatable bonds is 4. The minimum atomic E-state index is -0.822. The van der Waals surface area contributed by atoms with E-state index in [2.05, 4.69) is 15.5 Å². The van der Waals surface area contributed by atoms with Gasteiger partial charge in [0, 0.05) is 18.9 Å². The van der Waals surface area contributed by atoms with Gasteiger partial charge in [-0.1, -0.05) is 17.6 Å². The highest BCUT2D eigenvalue weighted by atomic mass is 16.4. The molecule has 1 aromatic rings. The summed E-state index contributed by atoms with van der Waals surface area (Å²) in [7, 11) is 0. The van der Waals surface area contributed by atoms with Gasteiger partial charge in [0.1, 0.15) is 5.41 Å². The van der Waals surface area contributed by atoms with Gasteiger partial charge in [-0.2, -0.15) is 0 Å². The molecule has 1 aromatic heterocycles. The molecule has 96 valence electrons. The van der Waals surface area contributed by atoms with Crippen molar-refractivity contribution in [3.8, 4) is 0 Å². The minimum Gasteiger partial charge on any atom is -0.409 e. The smallest absolute Gasteiger partial charge is 0.234 e. The van der Waals surface area contributed by atoms with Crippen molar-refractivity contribution in [1.29, 1.82) is 0 Å². The average Bonchev–Trinajstić information content (AvgIpc) is 2.36. The maximum atomic E-state index is 12.1. The van der Waals surface area contributed by atoms with Crippen LogP contribution in [0.15, 0.2) is 29.7 Å². The van der Waals surface area contributed by atoms with Crippen molar-refractivity contribution in [2.24, 2.45) is 16.3 Å². The molecule has 1 heterocycles. The molecule has 1 aliphatic carbocycles. The van der Waals surface area contributed by atoms with Gasteiger partial charge in [-0.05, 0) is 24.5 Å². The van der Waals surface area contributed by atoms with Crippen LogP contribution in [-0.4, -0.2) is 21.9 Å². The van der Waals surface area contributed by atoms with Crippen LogP contribution in [0.2, 0.25) is 0 Å². The topological polar surface area (TPSA) is 101 Å². The summed E-state index contributed by atoms with van der Waals surface area (Å²) in [5.74, 6) is -0.190. The molecule has 18 heavy (non-hydrogen) atoms. The second-order valence-corrected chi connectivity index (χ2v) is 4.46. The standard InChI is InChI=1S/C12H16N4O2/c13-10(16-18)12(4-2-5-12)11(17)15-8-9-3-1-6-14-7-9/h1,3,6-7,18H,2,4-5,8H2,(H2,13,16)(H,15,17). The summed E-state index contributed by atoms with van der Waals surface area (Å²) in [4.78, 5) is 16.1. The number of hydrogen-bond donors (Lipinski definition) is 3. The van der Waals surface area contributed by atoms with Crippen molar-refractivity contribution in [1.82, 2.24) is 10.3 Å². The van der Waals surface area contributed by atoms with Crippen molar-refractivity contribution < 1.29 is 10.0 Å². The zero-order chi connectivity index (χ0) is 13.0. The van der Waals surface area contributed by atoms with Gasteiger partial charge in [-0.3, -0.25) is 9.78 Å². The second-order valence-electron chi connectivity index (χ2n) is 4.46. The van der Waals surface area contributed by atoms with Crippen LogP contribution in [-0.2, 0) is 11.3 Å². The fourth-order valence-electron chi connectivity index (χ4n) is 2.08. The van der Waals surface area contributed by atoms with Gasteiger partial charge in [0.05, 0.1) is 0 Å². The third-order valence-corrected chi connectivity index (χ3v) is 3.42. The minimum absolute atomic E-state index is 0.00237. The molecule has 0 atom stereocenters. The summed E-state index contributed by atoms with van der Waals surface area (Å²) in [6.07, 6.45) is 5.53. The lowest BCUT2D eigenvalue weighted by Gasteiger charge is -2.38. The van der Waals surface area contributed by atoms with E-state index in [-0.39, 0.29) is 11.7 Å². The molecule has 6 nitrogen and oxygen atoms in total. The molecule has 0 saturated heterocycles. The summed E-state index contributed by atoms with van der Waals surface area (Å²) in [5, 5.41) is 14.5. The first-order valence-electron chi connectivity index (χ1n) is 5.84. The van der Waals surface area contributed by atoms with Gasteiger partial charge in [0.15, 0.2) is 5.84 Å². The van der Waals surface area contributed by atoms with E-state index in [1.165, 1.54) is 0 Å². The largest absolute Gasteiger partial charge is 0.409 e. The Morgan fingerprint density at radius 2 is 2.39 bits per heavy atom. The summed E-state index contributed by atoms with van der Waals surface area (Å²) in [6.45, 7) is 0.396. The molecule has 0 radical (unpaired) electrons. The highest BCUT2D eigenvalue weighted by molar-refractivity contribution is 6.07. The first-order valence-corrected chi connectivity index (χ1v) is 5.84. The van der Waals surface area contributed by atoms with E-state index in [0.29, 0.717) is 19.4 Å². The van der Waals surface area contributed by atoms with E-state index in [9.17, 15) is 4.79 Å². The van der Waals surface area contributed by atoms with Crippen molar-refractivity contribution in [3.63, 3.8) is 0 Å². The Labute approximate surface area is 105 Å². The Hall–Kier alpha value is -2.11. The normalized spacial score (nSPS) is 17.9. The van der Waals surface area contributed by atoms with Gasteiger partial charge in [0.25, 0.3) is 0 Å². The van der Waals surface area contributed by atoms with Crippen molar-refractivity contribution in [3.05, 3.63) is 30.1 Å². The average molecular weight is 248 g/mol. The molecule has 1 amide bonds. The first-order chi connectivity index (χ1) is 8.69. The molecule has 6 heteroatoms. The summed E-state index contributed by atoms with van der Waals surface area (Å²) >= 11 is 0. The van der Waals surface area contributed by atoms with Crippen LogP contribution in [0.1, 0.15) is 24.8 Å². The lowest BCUT2D eigenvalue weighted by molar-refractivity contribution is -0.131. The Bertz CT molecular complexity index is 454. The highest BCUT2D eigenvalue weighted by Crippen LogP contribution is 2.41. The summed E-state index contributed by atoms with van der Waals surface area (Å²) < 4.78 is 0. The fraction of sp³-hybridized carbons (Fsp3) is 0.417. The number of pyridine rings is 1. The van der Waals surface area contributed by atoms with Crippen LogP contribution in [0.25, 0.3) is 0 Å². The lowest BCUT2D eigenvalue weighted by Crippen LogP contribution is -2.53. The number of nitrogens with two attached hydrogens (primary N) is 1. The maximum absolute atomic E-state index is 12.1. The van der Waals surface area contributed by atoms with Gasteiger partial charge < -0.3 is 16.3 Å². The summed E-state index contributed by atoms with van der Waals surface area (Å²) in [5.41, 5.74) is 5.70. The fourth-order valence-corrected chi connectivity index (χ4v) is 2.08. The molecule has 0 unspecified atom stereocenters. The van der Waals surface area contributed by atoms with Gasteiger partial charge >= 0.3 is 0 Å². The number of hydrogen-bond acceptors (Lipinski definition) is 4. The Kier molecular flexibility index (Phi) is 3.45. The second kappa shape index (κ2) is 5.03. The van der Waals surface area contributed by atoms with E-state index in [1.54, 1.807) is 12.4 Å². The Morgan fingerprint density at radius 3 is 2.89 bits per heavy atom. The molecule has 1 aliphatic rings. The zero-order valence-electron chi connectivity index (χ0n) is 9.97. The quantitative estimate of drug-likeness (QED) is 0.314. The van der Waals surface area contributed by atoms with E-state index in [4.69, 9.17) is 10.9 Å². The van der Waals surface area contributed by atoms with E-state index in [0.717, 1.165) is 12.0 Å². The van der Waals surface area contributed by atoms with E-state index < -0.39 is 5.41 Å². The number of amides is 1. The van der Waals surface area contributed by atoms with Crippen molar-refractivity contribution >= 4 is 11.7 Å². The number of aromatic nitrogens is 1. The molecule has 1 fully saturated rings. The van der Waals surface area contributed by atoms with E-state index in [1.807, 2.05) is 12.1 Å². The van der Waals surface area contributed by atoms with Gasteiger partial charge in [-0.15, -0.1) is 0 Å². The Morgan fingerprint density at radius 1 is 1.61 bits per heavy atom. The SMILES string of the molecule is N/C(=N/O)C1(C(=O)NCc2cccnc2)CCC1. The van der Waals surface area contributed by atoms with Crippen LogP contribution in [0.3, 0.4) is 0 Å². The molecule has 2 rings (SSSR count). The number of carbonyl (C=O) groups excluding carboxylic acids is 1. The third kappa shape index (κ3) is 2.13. The number of nitrogens with zero attached hydrogens (tertiary/aromatic N) is 2. The van der Waals surface area contributed by atoms with Crippen molar-refractivity contribution in [2.75, 3.05) is 0 Å². The number of carbonyl (C=O) groups is 1. The number of amidine groups is 1. The van der Waals surface area contributed by atoms with E-state index >= 15 is 0 Å². The monoisotopic (exact) mass is 248 g/mol. The molecule has 0 bridgehead atoms. The van der Waals surface area contributed by atoms with Gasteiger partial charge in [-0.25, -0.2) is 0 Å². The molecule has 0 aromatic carbocycles.